The number of amides is 6. The number of carbonyl (C=O) groups is 19. The zero-order chi connectivity index (χ0) is 109. The molecule has 796 valence electrons. The predicted molar refractivity (Wildman–Crippen MR) is 531 cm³/mol. The van der Waals surface area contributed by atoms with Gasteiger partial charge in [0.2, 0.25) is 35.4 Å². The van der Waals surface area contributed by atoms with Crippen molar-refractivity contribution in [3.05, 3.63) is 176 Å². The van der Waals surface area contributed by atoms with Crippen molar-refractivity contribution in [2.24, 2.45) is 23.7 Å². The van der Waals surface area contributed by atoms with E-state index >= 15 is 0 Å². The van der Waals surface area contributed by atoms with Crippen LogP contribution in [-0.2, 0) is 99.1 Å². The average molecular weight is 2130 g/mol. The number of fused-ring (bicyclic) bond motifs is 7. The van der Waals surface area contributed by atoms with Crippen molar-refractivity contribution in [3.8, 4) is 28.4 Å². The van der Waals surface area contributed by atoms with Gasteiger partial charge in [-0.15, -0.1) is 6.58 Å². The number of anilines is 2. The Kier molecular flexibility index (Phi) is 41.7. The fraction of sp³-hybridized carbons (Fsp3) is 0.424. The standard InChI is InChI=1S/C67H75N11O22S.C32H37NO13S2/c1-3-8-46(73-61(93)35(25-54(84)85)22-40(79)17-18-47(66(99)100)74-60(92)34-13-15-38(16-14-34)69-30-39-31-71-59-58(72-39)64(96)78-67(68)77-59)51(81)23-36(26-55(86)87)62(94)75-49(28-57(90)91)52(82)24-37(63(95)76-48(27-56(88)89)50(80)21-33(2)65(97)98)29-70-53(83)19-20-101-32-45-43-11-6-4-9-41(43)42-10-5-7-12-44(42)45;1-4-47-48-9-8-44-31(41)33-17-10-21(45-14(2)26(17)36)46-19-12-32(42,20(35)13-34)11-16-23(19)30(40)25-24(28(16)38)27(37)15-6-5-7-18(43-3)22(15)29(25)39/h3-7,9-16,31,33,35-37,45-49,69H,1,8,17-30,32H2,2H3,(H,70,83)(H,73,93)(H,74,92)(H,75,94)(H,76,95)(H,84,85)(H,86,87)(H,88,89)(H,90,91)(H,97,98)(H,99,100)(H3,68,71,77,78,96);5-7,14,17,19,21,26,34,36,38,40,42H,4,8-13H2,1-3H3,(H,33,41)/t33-,35+,36+,37+,46+,47+,48+,49+;14?,17?,19-,21?,26?,32-/m10/s1. The summed E-state index contributed by atoms with van der Waals surface area (Å²) in [6, 6.07) is 17.5. The molecule has 47 nitrogen and oxygen atoms in total. The highest BCUT2D eigenvalue weighted by Gasteiger charge is 2.52. The number of aromatic amines is 1. The van der Waals surface area contributed by atoms with Crippen LogP contribution in [0.3, 0.4) is 0 Å². The van der Waals surface area contributed by atoms with Gasteiger partial charge < -0.3 is 118 Å². The van der Waals surface area contributed by atoms with Crippen molar-refractivity contribution in [2.75, 3.05) is 60.9 Å². The number of thioether (sulfide) groups is 1. The second kappa shape index (κ2) is 53.6. The molecule has 4 unspecified atom stereocenters. The van der Waals surface area contributed by atoms with Gasteiger partial charge in [0.15, 0.2) is 46.4 Å². The van der Waals surface area contributed by atoms with Gasteiger partial charge in [0.1, 0.15) is 54.0 Å². The third-order valence-electron chi connectivity index (χ3n) is 24.9. The zero-order valence-corrected chi connectivity index (χ0v) is 83.2. The van der Waals surface area contributed by atoms with Crippen LogP contribution in [0.15, 0.2) is 115 Å². The first kappa shape index (κ1) is 116. The third kappa shape index (κ3) is 30.9. The second-order valence-corrected chi connectivity index (χ2v) is 39.5. The summed E-state index contributed by atoms with van der Waals surface area (Å²) in [5.74, 6) is -27.8. The number of aliphatic hydroxyl groups excluding tert-OH is 2. The quantitative estimate of drug-likeness (QED) is 0.0108. The monoisotopic (exact) mass is 2120 g/mol. The normalized spacial score (nSPS) is 17.9. The summed E-state index contributed by atoms with van der Waals surface area (Å²) < 4.78 is 22.5. The minimum atomic E-state index is -2.32. The number of phenolic OH excluding ortho intramolecular Hbond substituents is 2. The van der Waals surface area contributed by atoms with E-state index in [4.69, 9.17) is 24.7 Å². The van der Waals surface area contributed by atoms with Gasteiger partial charge in [0.25, 0.3) is 11.5 Å². The number of aromatic hydroxyl groups is 2. The lowest BCUT2D eigenvalue weighted by Crippen LogP contribution is -2.56. The van der Waals surface area contributed by atoms with Crippen LogP contribution in [0.1, 0.15) is 193 Å². The van der Waals surface area contributed by atoms with Crippen LogP contribution in [0, 0.1) is 23.7 Å². The zero-order valence-electron chi connectivity index (χ0n) is 80.7. The summed E-state index contributed by atoms with van der Waals surface area (Å²) >= 11 is 1.45. The Morgan fingerprint density at radius 1 is 0.658 bits per heavy atom. The Bertz CT molecular complexity index is 6320. The van der Waals surface area contributed by atoms with Gasteiger partial charge in [0.05, 0.1) is 128 Å². The Hall–Kier alpha value is -15.0. The lowest BCUT2D eigenvalue weighted by atomic mass is 9.72. The van der Waals surface area contributed by atoms with Gasteiger partial charge in [-0.2, -0.15) is 16.7 Å². The van der Waals surface area contributed by atoms with Gasteiger partial charge in [-0.3, -0.25) is 91.3 Å². The van der Waals surface area contributed by atoms with Gasteiger partial charge >= 0.3 is 41.9 Å². The highest BCUT2D eigenvalue weighted by Crippen LogP contribution is 2.53. The summed E-state index contributed by atoms with van der Waals surface area (Å²) in [7, 11) is 4.48. The first-order valence-corrected chi connectivity index (χ1v) is 50.5. The van der Waals surface area contributed by atoms with Crippen LogP contribution in [0.25, 0.3) is 22.3 Å². The minimum Gasteiger partial charge on any atom is -0.507 e. The van der Waals surface area contributed by atoms with Crippen molar-refractivity contribution in [3.63, 3.8) is 0 Å². The van der Waals surface area contributed by atoms with Crippen molar-refractivity contribution in [1.29, 1.82) is 0 Å². The molecule has 1 saturated heterocycles. The third-order valence-corrected chi connectivity index (χ3v) is 28.4. The SMILES string of the molecule is C=CC[C@H](NC(=O)[C@H](CC(=O)O)CC(=O)CC[C@H](NC(=O)c1ccc(NCc2cnc3nc(N)[nH]c(=O)c3n2)cc1)C(=O)O)C(=O)C[C@@H](CC(=O)O)C(=O)N[C@@H](CC(=O)O)C(=O)C[C@@H](CNC(=O)CCSCC1c2ccccc2-c2ccccc21)C(=O)N[C@@H](CC(=O)O)C(=O)C[C@@H](C)C(=O)O.CCSSCCOC(=O)NC1CC(O[C@H]2C[C@](O)(C(=O)CO)Cc3c(O)c4c(c(O)c32)C(=O)c2c(OC)cccc2C4=O)OC(C)C1O. The van der Waals surface area contributed by atoms with Crippen LogP contribution in [0.4, 0.5) is 16.4 Å². The number of benzene rings is 5. The smallest absolute Gasteiger partial charge is 0.407 e. The molecule has 21 N–H and O–H groups in total. The molecule has 3 heterocycles. The molecule has 0 saturated carbocycles. The largest absolute Gasteiger partial charge is 0.507 e. The lowest BCUT2D eigenvalue weighted by Gasteiger charge is -2.42. The molecule has 2 aromatic heterocycles. The summed E-state index contributed by atoms with van der Waals surface area (Å²) in [4.78, 5) is 275. The lowest BCUT2D eigenvalue weighted by molar-refractivity contribution is -0.249. The van der Waals surface area contributed by atoms with Crippen LogP contribution < -0.4 is 53.2 Å². The molecule has 1 aliphatic heterocycles. The second-order valence-electron chi connectivity index (χ2n) is 35.5. The number of carboxylic acids is 6. The molecule has 4 aliphatic rings. The fourth-order valence-electron chi connectivity index (χ4n) is 17.3. The molecular formula is C99H112N12O35S3. The predicted octanol–water partition coefficient (Wildman–Crippen LogP) is 4.43. The van der Waals surface area contributed by atoms with Crippen molar-refractivity contribution in [1.82, 2.24) is 51.8 Å². The molecule has 0 radical (unpaired) electrons. The van der Waals surface area contributed by atoms with Crippen LogP contribution in [0.2, 0.25) is 0 Å². The van der Waals surface area contributed by atoms with Crippen LogP contribution in [0.5, 0.6) is 17.2 Å². The number of carbonyl (C=O) groups excluding carboxylic acids is 13. The number of hydrogen-bond donors (Lipinski definition) is 20. The number of aromatic nitrogens is 4. The van der Waals surface area contributed by atoms with E-state index in [2.05, 4.69) is 63.7 Å². The minimum absolute atomic E-state index is 0.00266. The molecule has 14 atom stereocenters. The number of rotatable bonds is 55. The van der Waals surface area contributed by atoms with Crippen molar-refractivity contribution >= 4 is 168 Å². The number of nitrogens with zero attached hydrogens (tertiary/aromatic N) is 3. The van der Waals surface area contributed by atoms with Gasteiger partial charge in [-0.1, -0.05) is 102 Å². The maximum absolute atomic E-state index is 14.2. The molecule has 149 heavy (non-hydrogen) atoms. The molecule has 11 rings (SSSR count). The van der Waals surface area contributed by atoms with E-state index in [-0.39, 0.29) is 88.3 Å². The maximum Gasteiger partial charge on any atom is 0.407 e. The van der Waals surface area contributed by atoms with Crippen molar-refractivity contribution in [2.45, 2.75) is 190 Å². The van der Waals surface area contributed by atoms with E-state index in [1.54, 1.807) is 21.6 Å². The van der Waals surface area contributed by atoms with Crippen LogP contribution in [-0.4, -0.2) is 292 Å². The summed E-state index contributed by atoms with van der Waals surface area (Å²) in [6.45, 7) is 6.67. The van der Waals surface area contributed by atoms with Crippen LogP contribution >= 0.6 is 33.3 Å². The number of nitrogens with one attached hydrogen (secondary N) is 8. The highest BCUT2D eigenvalue weighted by molar-refractivity contribution is 8.76. The molecular weight excluding hydrogens is 2010 g/mol. The van der Waals surface area contributed by atoms with Gasteiger partial charge in [0, 0.05) is 121 Å². The number of carboxylic acid groups (broad SMARTS) is 6. The van der Waals surface area contributed by atoms with Gasteiger partial charge in [-0.25, -0.2) is 19.6 Å². The van der Waals surface area contributed by atoms with E-state index in [1.165, 1.54) is 74.5 Å². The number of aliphatic carboxylic acids is 6. The first-order valence-electron chi connectivity index (χ1n) is 46.8. The number of nitrogen functional groups attached to an aromatic ring is 1. The summed E-state index contributed by atoms with van der Waals surface area (Å²) in [6.07, 6.45) is -14.2. The molecule has 50 heteroatoms. The molecule has 7 aromatic rings. The van der Waals surface area contributed by atoms with E-state index in [0.29, 0.717) is 22.9 Å². The Balaban J connectivity index is 0.000000391. The highest BCUT2D eigenvalue weighted by atomic mass is 33.1. The molecule has 6 amide bonds. The molecule has 1 fully saturated rings. The number of hydrogen-bond acceptors (Lipinski definition) is 37. The fourth-order valence-corrected chi connectivity index (χ4v) is 19.9. The van der Waals surface area contributed by atoms with Gasteiger partial charge in [-0.05, 0) is 72.4 Å². The number of phenols is 2. The Morgan fingerprint density at radius 3 is 1.84 bits per heavy atom. The molecule has 3 aliphatic carbocycles. The average Bonchev–Trinajstić information content (AvgIpc) is 1.06. The summed E-state index contributed by atoms with van der Waals surface area (Å²) in [5, 5.41) is 131. The number of H-pyrrole nitrogens is 1. The number of ether oxygens (including phenoxy) is 4. The van der Waals surface area contributed by atoms with E-state index < -0.39 is 321 Å². The van der Waals surface area contributed by atoms with E-state index in [1.807, 2.05) is 55.5 Å². The summed E-state index contributed by atoms with van der Waals surface area (Å²) in [5.41, 5.74) is 6.19. The molecule has 5 aromatic carbocycles. The van der Waals surface area contributed by atoms with Crippen molar-refractivity contribution < 1.29 is 166 Å². The Morgan fingerprint density at radius 2 is 1.24 bits per heavy atom. The molecule has 0 bridgehead atoms. The van der Waals surface area contributed by atoms with E-state index in [0.717, 1.165) is 41.0 Å². The topological polar surface area (TPSA) is 766 Å². The number of ketones is 7. The number of nitrogens with two attached hydrogens (primary N) is 1. The number of Topliss-reactive ketones (excluding diaryl/α,β-unsaturated/α-hetero) is 5. The first-order chi connectivity index (χ1) is 70.8. The number of methoxy groups -OCH3 is 1. The molecule has 0 spiro atoms. The Labute approximate surface area is 860 Å². The number of alkyl carbamates (subject to hydrolysis) is 1. The van der Waals surface area contributed by atoms with E-state index in [9.17, 15) is 152 Å². The maximum atomic E-state index is 14.2. The number of aliphatic hydroxyl groups is 3.